The average Bonchev–Trinajstić information content (AvgIpc) is 3.32. The summed E-state index contributed by atoms with van der Waals surface area (Å²) in [4.78, 5) is 16.7. The van der Waals surface area contributed by atoms with Gasteiger partial charge in [0.05, 0.1) is 5.02 Å². The van der Waals surface area contributed by atoms with E-state index in [9.17, 15) is 4.39 Å². The maximum Gasteiger partial charge on any atom is 0.226 e. The smallest absolute Gasteiger partial charge is 0.226 e. The fourth-order valence-electron chi connectivity index (χ4n) is 4.96. The molecule has 0 radical (unpaired) electrons. The number of hydrogen-bond donors (Lipinski definition) is 3. The molecule has 1 aromatic carbocycles. The molecule has 0 unspecified atom stereocenters. The highest BCUT2D eigenvalue weighted by atomic mass is 35.5. The minimum atomic E-state index is -0.318. The third kappa shape index (κ3) is 6.49. The van der Waals surface area contributed by atoms with Gasteiger partial charge in [-0.15, -0.1) is 0 Å². The number of rotatable bonds is 8. The Morgan fingerprint density at radius 2 is 1.81 bits per heavy atom. The number of hydrogen-bond acceptors (Lipinski definition) is 8. The lowest BCUT2D eigenvalue weighted by molar-refractivity contribution is 0.208. The number of nitrogens with zero attached hydrogens (tertiary/aromatic N) is 6. The van der Waals surface area contributed by atoms with Crippen LogP contribution in [0.1, 0.15) is 31.0 Å². The first kappa shape index (κ1) is 25.7. The number of piperidine rings is 1. The molecule has 0 amide bonds. The molecule has 3 N–H and O–H groups in total. The van der Waals surface area contributed by atoms with Gasteiger partial charge in [0.1, 0.15) is 17.5 Å². The van der Waals surface area contributed by atoms with Gasteiger partial charge in [-0.3, -0.25) is 10.00 Å². The van der Waals surface area contributed by atoms with Crippen molar-refractivity contribution in [2.75, 3.05) is 61.3 Å². The molecule has 2 fully saturated rings. The van der Waals surface area contributed by atoms with Crippen LogP contribution in [-0.4, -0.2) is 81.8 Å². The maximum atomic E-state index is 14.3. The van der Waals surface area contributed by atoms with E-state index < -0.39 is 0 Å². The van der Waals surface area contributed by atoms with Crippen molar-refractivity contribution in [2.45, 2.75) is 39.3 Å². The monoisotopic (exact) mass is 527 g/mol. The molecule has 37 heavy (non-hydrogen) atoms. The molecule has 0 atom stereocenters. The van der Waals surface area contributed by atoms with E-state index in [1.807, 2.05) is 19.1 Å². The minimum absolute atomic E-state index is 0.177. The molecule has 4 heterocycles. The van der Waals surface area contributed by atoms with E-state index in [2.05, 4.69) is 42.5 Å². The Balaban J connectivity index is 1.25. The molecule has 2 saturated heterocycles. The number of halogens is 2. The van der Waals surface area contributed by atoms with Gasteiger partial charge in [0.15, 0.2) is 5.82 Å². The van der Waals surface area contributed by atoms with Crippen LogP contribution in [-0.2, 0) is 6.54 Å². The third-order valence-corrected chi connectivity index (χ3v) is 7.46. The molecule has 2 aromatic heterocycles. The molecule has 0 bridgehead atoms. The van der Waals surface area contributed by atoms with Crippen LogP contribution in [0.25, 0.3) is 0 Å². The fourth-order valence-corrected chi connectivity index (χ4v) is 5.16. The molecule has 9 nitrogen and oxygen atoms in total. The number of H-pyrrole nitrogens is 1. The third-order valence-electron chi connectivity index (χ3n) is 7.16. The predicted molar refractivity (Wildman–Crippen MR) is 146 cm³/mol. The van der Waals surface area contributed by atoms with Crippen LogP contribution < -0.4 is 15.5 Å². The van der Waals surface area contributed by atoms with Crippen LogP contribution in [0.5, 0.6) is 0 Å². The molecule has 0 aliphatic carbocycles. The highest BCUT2D eigenvalue weighted by molar-refractivity contribution is 6.30. The summed E-state index contributed by atoms with van der Waals surface area (Å²) in [5.41, 5.74) is 1.62. The number of likely N-dealkylation sites (tertiary alicyclic amines) is 1. The van der Waals surface area contributed by atoms with Crippen molar-refractivity contribution in [1.29, 1.82) is 0 Å². The lowest BCUT2D eigenvalue weighted by Gasteiger charge is -2.35. The van der Waals surface area contributed by atoms with Crippen molar-refractivity contribution in [3.8, 4) is 0 Å². The summed E-state index contributed by atoms with van der Waals surface area (Å²) in [7, 11) is 0. The molecule has 2 aliphatic heterocycles. The number of nitrogens with one attached hydrogen (secondary N) is 3. The number of benzene rings is 1. The molecule has 2 aliphatic rings. The van der Waals surface area contributed by atoms with Crippen LogP contribution >= 0.6 is 11.6 Å². The Labute approximate surface area is 222 Å². The highest BCUT2D eigenvalue weighted by Crippen LogP contribution is 2.25. The van der Waals surface area contributed by atoms with Gasteiger partial charge in [0.2, 0.25) is 5.95 Å². The van der Waals surface area contributed by atoms with E-state index in [4.69, 9.17) is 21.6 Å². The van der Waals surface area contributed by atoms with Crippen molar-refractivity contribution >= 4 is 35.0 Å². The Hall–Kier alpha value is -2.95. The quantitative estimate of drug-likeness (QED) is 0.400. The minimum Gasteiger partial charge on any atom is -0.354 e. The Kier molecular flexibility index (Phi) is 8.07. The van der Waals surface area contributed by atoms with Crippen molar-refractivity contribution < 1.29 is 4.39 Å². The fraction of sp³-hybridized carbons (Fsp3) is 0.500. The summed E-state index contributed by atoms with van der Waals surface area (Å²) >= 11 is 5.96. The lowest BCUT2D eigenvalue weighted by Crippen LogP contribution is -2.46. The Morgan fingerprint density at radius 3 is 2.51 bits per heavy atom. The summed E-state index contributed by atoms with van der Waals surface area (Å²) < 4.78 is 14.3. The number of anilines is 4. The molecule has 3 aromatic rings. The zero-order chi connectivity index (χ0) is 25.8. The van der Waals surface area contributed by atoms with E-state index in [1.54, 1.807) is 18.2 Å². The summed E-state index contributed by atoms with van der Waals surface area (Å²) in [5, 5.41) is 14.3. The van der Waals surface area contributed by atoms with Gasteiger partial charge < -0.3 is 20.4 Å². The predicted octanol–water partition coefficient (Wildman–Crippen LogP) is 4.26. The zero-order valence-electron chi connectivity index (χ0n) is 21.5. The van der Waals surface area contributed by atoms with Crippen LogP contribution in [0.15, 0.2) is 30.3 Å². The van der Waals surface area contributed by atoms with Crippen LogP contribution in [0, 0.1) is 12.7 Å². The summed E-state index contributed by atoms with van der Waals surface area (Å²) in [6.07, 6.45) is 1.85. The van der Waals surface area contributed by atoms with Crippen LogP contribution in [0.2, 0.25) is 5.02 Å². The van der Waals surface area contributed by atoms with Crippen molar-refractivity contribution in [1.82, 2.24) is 30.0 Å². The maximum absolute atomic E-state index is 14.3. The summed E-state index contributed by atoms with van der Waals surface area (Å²) in [5.74, 6) is 2.65. The van der Waals surface area contributed by atoms with E-state index in [0.717, 1.165) is 76.0 Å². The largest absolute Gasteiger partial charge is 0.354 e. The van der Waals surface area contributed by atoms with Gasteiger partial charge in [-0.25, -0.2) is 4.39 Å². The average molecular weight is 528 g/mol. The SMILES string of the molecule is CCN1CCN(c2cc(Nc3cc(C)[nH]n3)nc(NC3CCN(Cc4cccc(Cl)c4F)CC3)n2)CC1. The van der Waals surface area contributed by atoms with E-state index >= 15 is 0 Å². The number of likely N-dealkylation sites (N-methyl/N-ethyl adjacent to an activating group) is 1. The number of aromatic amines is 1. The van der Waals surface area contributed by atoms with Gasteiger partial charge in [-0.1, -0.05) is 30.7 Å². The number of aryl methyl sites for hydroxylation is 1. The second-order valence-corrected chi connectivity index (χ2v) is 10.2. The van der Waals surface area contributed by atoms with Crippen molar-refractivity contribution in [2.24, 2.45) is 0 Å². The topological polar surface area (TPSA) is 88.2 Å². The van der Waals surface area contributed by atoms with Gasteiger partial charge in [0.25, 0.3) is 0 Å². The zero-order valence-corrected chi connectivity index (χ0v) is 22.2. The molecular weight excluding hydrogens is 493 g/mol. The van der Waals surface area contributed by atoms with Gasteiger partial charge in [-0.2, -0.15) is 15.1 Å². The molecule has 0 spiro atoms. The van der Waals surface area contributed by atoms with Gasteiger partial charge >= 0.3 is 0 Å². The molecule has 5 rings (SSSR count). The standard InChI is InChI=1S/C26H35ClFN9/c1-3-35-11-13-37(14-12-35)24-16-22(30-23-15-18(2)33-34-23)31-26(32-24)29-20-7-9-36(10-8-20)17-19-5-4-6-21(27)25(19)28/h4-6,15-16,20H,3,7-14,17H2,1-2H3,(H3,29,30,31,32,33,34). The second kappa shape index (κ2) is 11.6. The first-order valence-electron chi connectivity index (χ1n) is 13.0. The summed E-state index contributed by atoms with van der Waals surface area (Å²) in [6, 6.07) is 9.39. The Morgan fingerprint density at radius 1 is 1.03 bits per heavy atom. The van der Waals surface area contributed by atoms with Crippen molar-refractivity contribution in [3.05, 3.63) is 52.4 Å². The first-order valence-corrected chi connectivity index (χ1v) is 13.4. The first-order chi connectivity index (χ1) is 18.0. The normalized spacial score (nSPS) is 17.8. The summed E-state index contributed by atoms with van der Waals surface area (Å²) in [6.45, 7) is 11.4. The highest BCUT2D eigenvalue weighted by Gasteiger charge is 2.23. The van der Waals surface area contributed by atoms with Gasteiger partial charge in [-0.05, 0) is 32.4 Å². The lowest BCUT2D eigenvalue weighted by atomic mass is 10.0. The van der Waals surface area contributed by atoms with E-state index in [1.165, 1.54) is 0 Å². The molecule has 11 heteroatoms. The van der Waals surface area contributed by atoms with Crippen LogP contribution in [0.4, 0.5) is 27.8 Å². The van der Waals surface area contributed by atoms with Gasteiger partial charge in [0, 0.05) is 75.2 Å². The molecular formula is C26H35ClFN9. The Bertz CT molecular complexity index is 1190. The number of piperazine rings is 1. The second-order valence-electron chi connectivity index (χ2n) is 9.83. The van der Waals surface area contributed by atoms with Crippen molar-refractivity contribution in [3.63, 3.8) is 0 Å². The number of aromatic nitrogens is 4. The molecule has 198 valence electrons. The molecule has 0 saturated carbocycles. The van der Waals surface area contributed by atoms with E-state index in [-0.39, 0.29) is 16.9 Å². The van der Waals surface area contributed by atoms with Crippen LogP contribution in [0.3, 0.4) is 0 Å². The van der Waals surface area contributed by atoms with E-state index in [0.29, 0.717) is 23.9 Å².